The Balaban J connectivity index is 1.96. The van der Waals surface area contributed by atoms with Gasteiger partial charge in [0.2, 0.25) is 0 Å². The van der Waals surface area contributed by atoms with E-state index in [0.717, 1.165) is 10.0 Å². The normalized spacial score (nSPS) is 16.9. The second-order valence-corrected chi connectivity index (χ2v) is 5.36. The molecule has 0 saturated heterocycles. The first-order valence-corrected chi connectivity index (χ1v) is 6.53. The SMILES string of the molecule is O=C(c1cc(Br)ccc1F)C1Cc2ccccc21. The molecule has 0 fully saturated rings. The van der Waals surface area contributed by atoms with Gasteiger partial charge in [-0.05, 0) is 35.7 Å². The van der Waals surface area contributed by atoms with Crippen molar-refractivity contribution >= 4 is 21.7 Å². The van der Waals surface area contributed by atoms with Crippen LogP contribution in [0.2, 0.25) is 0 Å². The van der Waals surface area contributed by atoms with Crippen LogP contribution in [0.15, 0.2) is 46.9 Å². The Kier molecular flexibility index (Phi) is 2.78. The van der Waals surface area contributed by atoms with Crippen LogP contribution in [0.5, 0.6) is 0 Å². The van der Waals surface area contributed by atoms with Crippen LogP contribution in [0.1, 0.15) is 27.4 Å². The molecule has 1 aliphatic rings. The van der Waals surface area contributed by atoms with Crippen molar-refractivity contribution in [1.29, 1.82) is 0 Å². The maximum Gasteiger partial charge on any atom is 0.173 e. The van der Waals surface area contributed by atoms with Gasteiger partial charge in [-0.2, -0.15) is 0 Å². The molecule has 3 heteroatoms. The van der Waals surface area contributed by atoms with Gasteiger partial charge in [-0.25, -0.2) is 4.39 Å². The number of halogens is 2. The van der Waals surface area contributed by atoms with E-state index in [2.05, 4.69) is 15.9 Å². The van der Waals surface area contributed by atoms with Crippen LogP contribution in [0.25, 0.3) is 0 Å². The van der Waals surface area contributed by atoms with E-state index in [4.69, 9.17) is 0 Å². The quantitative estimate of drug-likeness (QED) is 0.763. The minimum absolute atomic E-state index is 0.132. The summed E-state index contributed by atoms with van der Waals surface area (Å²) in [6.07, 6.45) is 0.709. The highest BCUT2D eigenvalue weighted by Crippen LogP contribution is 2.37. The van der Waals surface area contributed by atoms with Gasteiger partial charge < -0.3 is 0 Å². The van der Waals surface area contributed by atoms with Crippen LogP contribution < -0.4 is 0 Å². The molecule has 1 aliphatic carbocycles. The predicted octanol–water partition coefficient (Wildman–Crippen LogP) is 4.11. The fraction of sp³-hybridized carbons (Fsp3) is 0.133. The molecule has 90 valence electrons. The molecule has 3 rings (SSSR count). The van der Waals surface area contributed by atoms with Crippen LogP contribution in [0, 0.1) is 5.82 Å². The number of ketones is 1. The molecular weight excluding hydrogens is 295 g/mol. The summed E-state index contributed by atoms with van der Waals surface area (Å²) in [7, 11) is 0. The van der Waals surface area contributed by atoms with Crippen molar-refractivity contribution < 1.29 is 9.18 Å². The highest BCUT2D eigenvalue weighted by Gasteiger charge is 2.33. The Morgan fingerprint density at radius 3 is 2.78 bits per heavy atom. The minimum atomic E-state index is -0.451. The zero-order valence-corrected chi connectivity index (χ0v) is 11.1. The standard InChI is InChI=1S/C15H10BrFO/c16-10-5-6-14(17)13(8-10)15(18)12-7-9-3-1-2-4-11(9)12/h1-6,8,12H,7H2. The predicted molar refractivity (Wildman–Crippen MR) is 71.3 cm³/mol. The zero-order valence-electron chi connectivity index (χ0n) is 9.49. The minimum Gasteiger partial charge on any atom is -0.293 e. The third-order valence-corrected chi connectivity index (χ3v) is 3.86. The van der Waals surface area contributed by atoms with Crippen molar-refractivity contribution in [2.24, 2.45) is 0 Å². The van der Waals surface area contributed by atoms with E-state index in [1.54, 1.807) is 12.1 Å². The van der Waals surface area contributed by atoms with Gasteiger partial charge in [-0.1, -0.05) is 40.2 Å². The lowest BCUT2D eigenvalue weighted by molar-refractivity contribution is 0.0945. The van der Waals surface area contributed by atoms with Crippen LogP contribution in [0.3, 0.4) is 0 Å². The summed E-state index contributed by atoms with van der Waals surface area (Å²) >= 11 is 3.27. The number of benzene rings is 2. The molecule has 1 atom stereocenters. The van der Waals surface area contributed by atoms with Gasteiger partial charge in [0.25, 0.3) is 0 Å². The summed E-state index contributed by atoms with van der Waals surface area (Å²) in [5, 5.41) is 0. The van der Waals surface area contributed by atoms with E-state index >= 15 is 0 Å². The van der Waals surface area contributed by atoms with E-state index in [0.29, 0.717) is 6.42 Å². The maximum absolute atomic E-state index is 13.7. The number of hydrogen-bond acceptors (Lipinski definition) is 1. The Morgan fingerprint density at radius 2 is 2.00 bits per heavy atom. The van der Waals surface area contributed by atoms with Gasteiger partial charge in [-0.15, -0.1) is 0 Å². The van der Waals surface area contributed by atoms with Gasteiger partial charge in [0, 0.05) is 4.47 Å². The van der Waals surface area contributed by atoms with Crippen molar-refractivity contribution in [1.82, 2.24) is 0 Å². The summed E-state index contributed by atoms with van der Waals surface area (Å²) in [5.74, 6) is -0.773. The third-order valence-electron chi connectivity index (χ3n) is 3.36. The molecule has 0 amide bonds. The molecule has 0 aromatic heterocycles. The van der Waals surface area contributed by atoms with Crippen LogP contribution in [0.4, 0.5) is 4.39 Å². The lowest BCUT2D eigenvalue weighted by Crippen LogP contribution is -2.25. The Morgan fingerprint density at radius 1 is 1.22 bits per heavy atom. The largest absolute Gasteiger partial charge is 0.293 e. The summed E-state index contributed by atoms with van der Waals surface area (Å²) < 4.78 is 14.4. The van der Waals surface area contributed by atoms with E-state index in [-0.39, 0.29) is 17.3 Å². The highest BCUT2D eigenvalue weighted by atomic mass is 79.9. The van der Waals surface area contributed by atoms with Crippen molar-refractivity contribution in [3.63, 3.8) is 0 Å². The molecule has 0 spiro atoms. The smallest absolute Gasteiger partial charge is 0.173 e. The first kappa shape index (κ1) is 11.6. The van der Waals surface area contributed by atoms with Gasteiger partial charge in [-0.3, -0.25) is 4.79 Å². The van der Waals surface area contributed by atoms with Gasteiger partial charge in [0.15, 0.2) is 5.78 Å². The molecule has 2 aromatic carbocycles. The van der Waals surface area contributed by atoms with Gasteiger partial charge in [0.1, 0.15) is 5.82 Å². The summed E-state index contributed by atoms with van der Waals surface area (Å²) in [6.45, 7) is 0. The van der Waals surface area contributed by atoms with Crippen molar-refractivity contribution in [2.75, 3.05) is 0 Å². The Labute approximate surface area is 113 Å². The van der Waals surface area contributed by atoms with Crippen molar-refractivity contribution in [3.05, 3.63) is 69.4 Å². The average molecular weight is 305 g/mol. The Hall–Kier alpha value is -1.48. The lowest BCUT2D eigenvalue weighted by Gasteiger charge is -2.28. The van der Waals surface area contributed by atoms with Crippen LogP contribution in [-0.2, 0) is 6.42 Å². The van der Waals surface area contributed by atoms with E-state index in [1.807, 2.05) is 24.3 Å². The topological polar surface area (TPSA) is 17.1 Å². The number of hydrogen-bond donors (Lipinski definition) is 0. The molecular formula is C15H10BrFO. The maximum atomic E-state index is 13.7. The van der Waals surface area contributed by atoms with Gasteiger partial charge >= 0.3 is 0 Å². The molecule has 1 nitrogen and oxygen atoms in total. The third kappa shape index (κ3) is 1.79. The molecule has 0 saturated carbocycles. The molecule has 0 N–H and O–H groups in total. The molecule has 0 heterocycles. The molecule has 2 aromatic rings. The number of carbonyl (C=O) groups excluding carboxylic acids is 1. The molecule has 18 heavy (non-hydrogen) atoms. The number of fused-ring (bicyclic) bond motifs is 1. The second-order valence-electron chi connectivity index (χ2n) is 4.44. The summed E-state index contributed by atoms with van der Waals surface area (Å²) in [6, 6.07) is 12.3. The van der Waals surface area contributed by atoms with E-state index < -0.39 is 5.82 Å². The van der Waals surface area contributed by atoms with Crippen LogP contribution >= 0.6 is 15.9 Å². The summed E-state index contributed by atoms with van der Waals surface area (Å²) in [5.41, 5.74) is 2.39. The van der Waals surface area contributed by atoms with Gasteiger partial charge in [0.05, 0.1) is 11.5 Å². The number of Topliss-reactive ketones (excluding diaryl/α,β-unsaturated/α-hetero) is 1. The van der Waals surface area contributed by atoms with Crippen molar-refractivity contribution in [2.45, 2.75) is 12.3 Å². The fourth-order valence-electron chi connectivity index (χ4n) is 2.37. The molecule has 0 radical (unpaired) electrons. The zero-order chi connectivity index (χ0) is 12.7. The lowest BCUT2D eigenvalue weighted by atomic mass is 9.74. The van der Waals surface area contributed by atoms with Crippen molar-refractivity contribution in [3.8, 4) is 0 Å². The number of rotatable bonds is 2. The van der Waals surface area contributed by atoms with Crippen LogP contribution in [-0.4, -0.2) is 5.78 Å². The first-order valence-electron chi connectivity index (χ1n) is 5.74. The fourth-order valence-corrected chi connectivity index (χ4v) is 2.73. The Bertz CT molecular complexity index is 636. The highest BCUT2D eigenvalue weighted by molar-refractivity contribution is 9.10. The number of carbonyl (C=O) groups is 1. The van der Waals surface area contributed by atoms with E-state index in [9.17, 15) is 9.18 Å². The first-order chi connectivity index (χ1) is 8.66. The summed E-state index contributed by atoms with van der Waals surface area (Å²) in [4.78, 5) is 12.3. The monoisotopic (exact) mass is 304 g/mol. The molecule has 0 aliphatic heterocycles. The average Bonchev–Trinajstić information content (AvgIpc) is 2.33. The molecule has 1 unspecified atom stereocenters. The van der Waals surface area contributed by atoms with E-state index in [1.165, 1.54) is 11.6 Å². The molecule has 0 bridgehead atoms. The second kappa shape index (κ2) is 4.32.